The largest absolute Gasteiger partial charge is 0.493 e. The predicted octanol–water partition coefficient (Wildman–Crippen LogP) is 2.96. The van der Waals surface area contributed by atoms with Crippen LogP contribution in [0.4, 0.5) is 0 Å². The van der Waals surface area contributed by atoms with Gasteiger partial charge in [0.2, 0.25) is 0 Å². The molecule has 2 aliphatic heterocycles. The molecule has 2 aliphatic rings. The summed E-state index contributed by atoms with van der Waals surface area (Å²) in [5, 5.41) is 9.63. The number of carboxylic acid groups (broad SMARTS) is 1. The van der Waals surface area contributed by atoms with E-state index in [0.717, 1.165) is 61.8 Å². The van der Waals surface area contributed by atoms with Crippen LogP contribution in [0, 0.1) is 5.92 Å². The average Bonchev–Trinajstić information content (AvgIpc) is 2.88. The highest BCUT2D eigenvalue weighted by Gasteiger charge is 2.24. The summed E-state index contributed by atoms with van der Waals surface area (Å²) in [5.74, 6) is 0.640. The van der Waals surface area contributed by atoms with Gasteiger partial charge in [0.1, 0.15) is 5.75 Å². The summed E-state index contributed by atoms with van der Waals surface area (Å²) in [6.45, 7) is 3.46. The summed E-state index contributed by atoms with van der Waals surface area (Å²) in [4.78, 5) is 13.1. The van der Waals surface area contributed by atoms with Gasteiger partial charge in [-0.1, -0.05) is 11.6 Å². The Labute approximate surface area is 129 Å². The maximum atomic E-state index is 10.8. The average molecular weight is 310 g/mol. The summed E-state index contributed by atoms with van der Waals surface area (Å²) in [6, 6.07) is 3.99. The highest BCUT2D eigenvalue weighted by molar-refractivity contribution is 6.30. The number of aliphatic carboxylic acids is 1. The first-order chi connectivity index (χ1) is 10.1. The van der Waals surface area contributed by atoms with E-state index in [-0.39, 0.29) is 0 Å². The first kappa shape index (κ1) is 14.7. The van der Waals surface area contributed by atoms with E-state index < -0.39 is 5.97 Å². The van der Waals surface area contributed by atoms with Crippen molar-refractivity contribution in [2.24, 2.45) is 5.92 Å². The topological polar surface area (TPSA) is 49.8 Å². The van der Waals surface area contributed by atoms with Gasteiger partial charge in [-0.2, -0.15) is 0 Å². The first-order valence-electron chi connectivity index (χ1n) is 7.50. The standard InChI is InChI=1S/C16H20ClNO3/c17-14-8-12-3-6-21-16(12)13(9-14)10-18-4-1-11(2-5-18)7-15(19)20/h8-9,11H,1-7,10H2,(H,19,20). The minimum Gasteiger partial charge on any atom is -0.493 e. The van der Waals surface area contributed by atoms with Crippen molar-refractivity contribution < 1.29 is 14.6 Å². The van der Waals surface area contributed by atoms with E-state index in [1.807, 2.05) is 12.1 Å². The van der Waals surface area contributed by atoms with Gasteiger partial charge >= 0.3 is 5.97 Å². The summed E-state index contributed by atoms with van der Waals surface area (Å²) in [7, 11) is 0. The van der Waals surface area contributed by atoms with Crippen LogP contribution in [0.2, 0.25) is 5.02 Å². The van der Waals surface area contributed by atoms with Gasteiger partial charge in [0.05, 0.1) is 6.61 Å². The third-order valence-corrected chi connectivity index (χ3v) is 4.61. The van der Waals surface area contributed by atoms with Crippen LogP contribution in [0.15, 0.2) is 12.1 Å². The molecular weight excluding hydrogens is 290 g/mol. The monoisotopic (exact) mass is 309 g/mol. The first-order valence-corrected chi connectivity index (χ1v) is 7.88. The predicted molar refractivity (Wildman–Crippen MR) is 80.9 cm³/mol. The van der Waals surface area contributed by atoms with Crippen LogP contribution in [-0.4, -0.2) is 35.7 Å². The fraction of sp³-hybridized carbons (Fsp3) is 0.562. The summed E-state index contributed by atoms with van der Waals surface area (Å²) < 4.78 is 5.74. The van der Waals surface area contributed by atoms with Gasteiger partial charge in [-0.25, -0.2) is 0 Å². The fourth-order valence-electron chi connectivity index (χ4n) is 3.30. The molecule has 114 valence electrons. The Morgan fingerprint density at radius 2 is 2.14 bits per heavy atom. The number of hydrogen-bond acceptors (Lipinski definition) is 3. The molecule has 0 saturated carbocycles. The van der Waals surface area contributed by atoms with Crippen molar-refractivity contribution in [1.82, 2.24) is 4.90 Å². The van der Waals surface area contributed by atoms with Crippen molar-refractivity contribution in [3.05, 3.63) is 28.3 Å². The van der Waals surface area contributed by atoms with Crippen LogP contribution < -0.4 is 4.74 Å². The third-order valence-electron chi connectivity index (χ3n) is 4.39. The molecule has 0 bridgehead atoms. The minimum atomic E-state index is -0.686. The molecule has 0 unspecified atom stereocenters. The summed E-state index contributed by atoms with van der Waals surface area (Å²) in [6.07, 6.45) is 3.14. The van der Waals surface area contributed by atoms with Crippen LogP contribution in [0.5, 0.6) is 5.75 Å². The molecule has 0 radical (unpaired) electrons. The minimum absolute atomic E-state index is 0.295. The van der Waals surface area contributed by atoms with Gasteiger partial charge in [0.25, 0.3) is 0 Å². The second-order valence-corrected chi connectivity index (χ2v) is 6.41. The molecule has 2 heterocycles. The van der Waals surface area contributed by atoms with Crippen molar-refractivity contribution in [2.75, 3.05) is 19.7 Å². The second kappa shape index (κ2) is 6.24. The molecule has 5 heteroatoms. The van der Waals surface area contributed by atoms with Crippen LogP contribution in [0.1, 0.15) is 30.4 Å². The number of hydrogen-bond donors (Lipinski definition) is 1. The molecule has 1 fully saturated rings. The molecule has 3 rings (SSSR count). The van der Waals surface area contributed by atoms with E-state index in [9.17, 15) is 4.79 Å². The second-order valence-electron chi connectivity index (χ2n) is 5.97. The fourth-order valence-corrected chi connectivity index (χ4v) is 3.56. The van der Waals surface area contributed by atoms with Crippen LogP contribution in [0.3, 0.4) is 0 Å². The van der Waals surface area contributed by atoms with Crippen molar-refractivity contribution in [1.29, 1.82) is 0 Å². The maximum Gasteiger partial charge on any atom is 0.303 e. The molecule has 1 aromatic rings. The molecule has 0 amide bonds. The van der Waals surface area contributed by atoms with E-state index in [2.05, 4.69) is 4.90 Å². The smallest absolute Gasteiger partial charge is 0.303 e. The number of piperidine rings is 1. The number of likely N-dealkylation sites (tertiary alicyclic amines) is 1. The van der Waals surface area contributed by atoms with Gasteiger partial charge in [0, 0.05) is 30.0 Å². The van der Waals surface area contributed by atoms with Gasteiger partial charge < -0.3 is 9.84 Å². The Morgan fingerprint density at radius 3 is 2.86 bits per heavy atom. The molecule has 1 N–H and O–H groups in total. The van der Waals surface area contributed by atoms with Crippen LogP contribution in [-0.2, 0) is 17.8 Å². The van der Waals surface area contributed by atoms with Gasteiger partial charge in [-0.15, -0.1) is 0 Å². The number of benzene rings is 1. The third kappa shape index (κ3) is 3.50. The molecule has 1 saturated heterocycles. The van der Waals surface area contributed by atoms with E-state index in [4.69, 9.17) is 21.4 Å². The summed E-state index contributed by atoms with van der Waals surface area (Å²) >= 11 is 6.19. The van der Waals surface area contributed by atoms with Gasteiger partial charge in [-0.05, 0) is 49.5 Å². The lowest BCUT2D eigenvalue weighted by Crippen LogP contribution is -2.34. The number of carbonyl (C=O) groups is 1. The molecule has 0 aliphatic carbocycles. The zero-order chi connectivity index (χ0) is 14.8. The molecular formula is C16H20ClNO3. The van der Waals surface area contributed by atoms with E-state index in [1.54, 1.807) is 0 Å². The van der Waals surface area contributed by atoms with Crippen molar-refractivity contribution >= 4 is 17.6 Å². The Morgan fingerprint density at radius 1 is 1.38 bits per heavy atom. The molecule has 0 spiro atoms. The molecule has 21 heavy (non-hydrogen) atoms. The van der Waals surface area contributed by atoms with E-state index in [0.29, 0.717) is 12.3 Å². The van der Waals surface area contributed by atoms with Gasteiger partial charge in [-0.3, -0.25) is 9.69 Å². The Hall–Kier alpha value is -1.26. The summed E-state index contributed by atoms with van der Waals surface area (Å²) in [5.41, 5.74) is 2.37. The normalized spacial score (nSPS) is 19.3. The Balaban J connectivity index is 1.62. The van der Waals surface area contributed by atoms with Crippen LogP contribution in [0.25, 0.3) is 0 Å². The maximum absolute atomic E-state index is 10.8. The number of nitrogens with zero attached hydrogens (tertiary/aromatic N) is 1. The quantitative estimate of drug-likeness (QED) is 0.929. The highest BCUT2D eigenvalue weighted by Crippen LogP contribution is 2.34. The number of rotatable bonds is 4. The molecule has 0 atom stereocenters. The van der Waals surface area contributed by atoms with Crippen molar-refractivity contribution in [3.8, 4) is 5.75 Å². The zero-order valence-corrected chi connectivity index (χ0v) is 12.7. The van der Waals surface area contributed by atoms with E-state index >= 15 is 0 Å². The van der Waals surface area contributed by atoms with Crippen molar-refractivity contribution in [2.45, 2.75) is 32.2 Å². The lowest BCUT2D eigenvalue weighted by Gasteiger charge is -2.31. The molecule has 0 aromatic heterocycles. The molecule has 4 nitrogen and oxygen atoms in total. The zero-order valence-electron chi connectivity index (χ0n) is 12.0. The Bertz CT molecular complexity index is 539. The Kier molecular flexibility index (Phi) is 4.36. The van der Waals surface area contributed by atoms with E-state index in [1.165, 1.54) is 5.56 Å². The highest BCUT2D eigenvalue weighted by atomic mass is 35.5. The number of carboxylic acids is 1. The number of fused-ring (bicyclic) bond motifs is 1. The molecule has 1 aromatic carbocycles. The van der Waals surface area contributed by atoms with Crippen molar-refractivity contribution in [3.63, 3.8) is 0 Å². The lowest BCUT2D eigenvalue weighted by atomic mass is 9.93. The lowest BCUT2D eigenvalue weighted by molar-refractivity contribution is -0.138. The number of ether oxygens (including phenoxy) is 1. The van der Waals surface area contributed by atoms with Gasteiger partial charge in [0.15, 0.2) is 0 Å². The van der Waals surface area contributed by atoms with Crippen LogP contribution >= 0.6 is 11.6 Å². The number of halogens is 1. The SMILES string of the molecule is O=C(O)CC1CCN(Cc2cc(Cl)cc3c2OCC3)CC1.